The Bertz CT molecular complexity index is 519. The topological polar surface area (TPSA) is 35.0 Å². The summed E-state index contributed by atoms with van der Waals surface area (Å²) < 4.78 is 6.53. The van der Waals surface area contributed by atoms with Gasteiger partial charge in [0.25, 0.3) is 0 Å². The largest absolute Gasteiger partial charge is 0.437 e. The molecule has 1 aromatic heterocycles. The Kier molecular flexibility index (Phi) is 3.41. The molecule has 0 aliphatic carbocycles. The van der Waals surface area contributed by atoms with E-state index in [1.807, 2.05) is 25.1 Å². The molecule has 1 heterocycles. The van der Waals surface area contributed by atoms with Gasteiger partial charge in [-0.05, 0) is 24.6 Å². The molecule has 0 fully saturated rings. The molecule has 0 aliphatic rings. The zero-order valence-corrected chi connectivity index (χ0v) is 10.8. The minimum atomic E-state index is 0.310. The fourth-order valence-electron chi connectivity index (χ4n) is 1.17. The van der Waals surface area contributed by atoms with Crippen LogP contribution < -0.4 is 4.74 Å². The van der Waals surface area contributed by atoms with Gasteiger partial charge in [0.2, 0.25) is 5.88 Å². The first kappa shape index (κ1) is 11.4. The number of aryl methyl sites for hydroxylation is 1. The molecule has 0 aliphatic heterocycles. The number of nitrogens with zero attached hydrogens (tertiary/aromatic N) is 2. The molecule has 1 aromatic carbocycles. The van der Waals surface area contributed by atoms with Gasteiger partial charge < -0.3 is 4.74 Å². The first-order valence-corrected chi connectivity index (χ1v) is 5.74. The maximum Gasteiger partial charge on any atom is 0.239 e. The van der Waals surface area contributed by atoms with Gasteiger partial charge in [-0.15, -0.1) is 0 Å². The van der Waals surface area contributed by atoms with Gasteiger partial charge in [-0.2, -0.15) is 4.98 Å². The summed E-state index contributed by atoms with van der Waals surface area (Å²) in [6.07, 6.45) is 2.98. The summed E-state index contributed by atoms with van der Waals surface area (Å²) in [7, 11) is 0. The van der Waals surface area contributed by atoms with E-state index >= 15 is 0 Å². The van der Waals surface area contributed by atoms with Gasteiger partial charge in [0.15, 0.2) is 5.15 Å². The fraction of sp³-hybridized carbons (Fsp3) is 0.0909. The Morgan fingerprint density at radius 3 is 2.88 bits per heavy atom. The van der Waals surface area contributed by atoms with E-state index in [0.717, 1.165) is 15.8 Å². The summed E-state index contributed by atoms with van der Waals surface area (Å²) in [6.45, 7) is 1.96. The van der Waals surface area contributed by atoms with Crippen LogP contribution in [0.1, 0.15) is 5.56 Å². The van der Waals surface area contributed by atoms with Gasteiger partial charge in [-0.3, -0.25) is 4.98 Å². The van der Waals surface area contributed by atoms with Gasteiger partial charge in [0, 0.05) is 4.47 Å². The molecule has 0 radical (unpaired) electrons. The average Bonchev–Trinajstić information content (AvgIpc) is 2.24. The van der Waals surface area contributed by atoms with E-state index in [1.165, 1.54) is 12.4 Å². The van der Waals surface area contributed by atoms with E-state index in [1.54, 1.807) is 0 Å². The summed E-state index contributed by atoms with van der Waals surface area (Å²) in [5.41, 5.74) is 1.02. The molecule has 0 amide bonds. The highest BCUT2D eigenvalue weighted by Crippen LogP contribution is 2.27. The first-order valence-electron chi connectivity index (χ1n) is 4.57. The van der Waals surface area contributed by atoms with Crippen molar-refractivity contribution in [2.45, 2.75) is 6.92 Å². The lowest BCUT2D eigenvalue weighted by molar-refractivity contribution is 0.456. The SMILES string of the molecule is Cc1ccc(Br)cc1Oc1cncc(Cl)n1. The monoisotopic (exact) mass is 298 g/mol. The summed E-state index contributed by atoms with van der Waals surface area (Å²) >= 11 is 9.10. The van der Waals surface area contributed by atoms with Crippen LogP contribution in [0.25, 0.3) is 0 Å². The zero-order valence-electron chi connectivity index (χ0n) is 8.45. The van der Waals surface area contributed by atoms with E-state index in [-0.39, 0.29) is 0 Å². The maximum atomic E-state index is 5.72. The van der Waals surface area contributed by atoms with Crippen LogP contribution in [0.3, 0.4) is 0 Å². The van der Waals surface area contributed by atoms with Crippen LogP contribution in [-0.2, 0) is 0 Å². The third-order valence-corrected chi connectivity index (χ3v) is 2.62. The molecule has 3 nitrogen and oxygen atoms in total. The molecule has 0 atom stereocenters. The molecule has 0 saturated carbocycles. The molecule has 0 spiro atoms. The Morgan fingerprint density at radius 1 is 1.31 bits per heavy atom. The molecule has 0 unspecified atom stereocenters. The lowest BCUT2D eigenvalue weighted by Crippen LogP contribution is -1.91. The molecule has 2 rings (SSSR count). The third-order valence-electron chi connectivity index (χ3n) is 1.95. The van der Waals surface area contributed by atoms with Crippen molar-refractivity contribution in [3.05, 3.63) is 45.8 Å². The van der Waals surface area contributed by atoms with Crippen LogP contribution in [0, 0.1) is 6.92 Å². The molecule has 0 N–H and O–H groups in total. The number of rotatable bonds is 2. The van der Waals surface area contributed by atoms with Gasteiger partial charge >= 0.3 is 0 Å². The van der Waals surface area contributed by atoms with E-state index < -0.39 is 0 Å². The Hall–Kier alpha value is -1.13. The van der Waals surface area contributed by atoms with E-state index in [0.29, 0.717) is 11.0 Å². The van der Waals surface area contributed by atoms with Crippen molar-refractivity contribution in [3.8, 4) is 11.6 Å². The number of ether oxygens (including phenoxy) is 1. The van der Waals surface area contributed by atoms with Crippen LogP contribution in [0.15, 0.2) is 35.1 Å². The number of hydrogen-bond acceptors (Lipinski definition) is 3. The standard InChI is InChI=1S/C11H8BrClN2O/c1-7-2-3-8(12)4-9(7)16-11-6-14-5-10(13)15-11/h2-6H,1H3. The second kappa shape index (κ2) is 4.80. The quantitative estimate of drug-likeness (QED) is 0.841. The van der Waals surface area contributed by atoms with E-state index in [9.17, 15) is 0 Å². The van der Waals surface area contributed by atoms with Gasteiger partial charge in [-0.1, -0.05) is 33.6 Å². The predicted molar refractivity (Wildman–Crippen MR) is 66.0 cm³/mol. The average molecular weight is 300 g/mol. The summed E-state index contributed by atoms with van der Waals surface area (Å²) in [4.78, 5) is 7.91. The van der Waals surface area contributed by atoms with Gasteiger partial charge in [0.1, 0.15) is 5.75 Å². The molecular formula is C11H8BrClN2O. The molecule has 5 heteroatoms. The molecule has 82 valence electrons. The normalized spacial score (nSPS) is 10.2. The Morgan fingerprint density at radius 2 is 2.12 bits per heavy atom. The van der Waals surface area contributed by atoms with Crippen molar-refractivity contribution in [1.82, 2.24) is 9.97 Å². The highest BCUT2D eigenvalue weighted by atomic mass is 79.9. The first-order chi connectivity index (χ1) is 7.65. The number of hydrogen-bond donors (Lipinski definition) is 0. The Balaban J connectivity index is 2.30. The number of halogens is 2. The Labute approximate surface area is 107 Å². The van der Waals surface area contributed by atoms with Crippen LogP contribution >= 0.6 is 27.5 Å². The second-order valence-corrected chi connectivity index (χ2v) is 4.49. The summed E-state index contributed by atoms with van der Waals surface area (Å²) in [6, 6.07) is 5.78. The molecule has 0 saturated heterocycles. The highest BCUT2D eigenvalue weighted by molar-refractivity contribution is 9.10. The summed E-state index contributed by atoms with van der Waals surface area (Å²) in [5.74, 6) is 1.11. The maximum absolute atomic E-state index is 5.72. The van der Waals surface area contributed by atoms with Crippen molar-refractivity contribution in [2.75, 3.05) is 0 Å². The number of benzene rings is 1. The van der Waals surface area contributed by atoms with Crippen molar-refractivity contribution in [2.24, 2.45) is 0 Å². The molecule has 2 aromatic rings. The van der Waals surface area contributed by atoms with Crippen molar-refractivity contribution < 1.29 is 4.74 Å². The zero-order chi connectivity index (χ0) is 11.5. The predicted octanol–water partition coefficient (Wildman–Crippen LogP) is 3.99. The summed E-state index contributed by atoms with van der Waals surface area (Å²) in [5, 5.41) is 0.310. The van der Waals surface area contributed by atoms with E-state index in [2.05, 4.69) is 25.9 Å². The third kappa shape index (κ3) is 2.71. The smallest absolute Gasteiger partial charge is 0.239 e. The van der Waals surface area contributed by atoms with Gasteiger partial charge in [0.05, 0.1) is 12.4 Å². The molecule has 16 heavy (non-hydrogen) atoms. The van der Waals surface area contributed by atoms with Crippen LogP contribution in [0.4, 0.5) is 0 Å². The lowest BCUT2D eigenvalue weighted by atomic mass is 10.2. The molecule has 0 bridgehead atoms. The van der Waals surface area contributed by atoms with Crippen molar-refractivity contribution in [3.63, 3.8) is 0 Å². The van der Waals surface area contributed by atoms with Crippen LogP contribution in [0.5, 0.6) is 11.6 Å². The van der Waals surface area contributed by atoms with Crippen LogP contribution in [-0.4, -0.2) is 9.97 Å². The fourth-order valence-corrected chi connectivity index (χ4v) is 1.65. The second-order valence-electron chi connectivity index (χ2n) is 3.19. The van der Waals surface area contributed by atoms with Crippen molar-refractivity contribution >= 4 is 27.5 Å². The highest BCUT2D eigenvalue weighted by Gasteiger charge is 2.04. The molecular weight excluding hydrogens is 291 g/mol. The lowest BCUT2D eigenvalue weighted by Gasteiger charge is -2.07. The minimum absolute atomic E-state index is 0.310. The minimum Gasteiger partial charge on any atom is -0.437 e. The van der Waals surface area contributed by atoms with Crippen LogP contribution in [0.2, 0.25) is 5.15 Å². The number of aromatic nitrogens is 2. The van der Waals surface area contributed by atoms with E-state index in [4.69, 9.17) is 16.3 Å². The van der Waals surface area contributed by atoms with Gasteiger partial charge in [-0.25, -0.2) is 0 Å². The van der Waals surface area contributed by atoms with Crippen molar-refractivity contribution in [1.29, 1.82) is 0 Å².